The molecule has 0 aliphatic rings. The van der Waals surface area contributed by atoms with E-state index in [0.29, 0.717) is 6.54 Å². The molecule has 2 aromatic rings. The van der Waals surface area contributed by atoms with E-state index in [1.54, 1.807) is 13.3 Å². The van der Waals surface area contributed by atoms with E-state index >= 15 is 0 Å². The molecule has 1 unspecified atom stereocenters. The molecule has 0 bridgehead atoms. The highest BCUT2D eigenvalue weighted by Gasteiger charge is 2.13. The van der Waals surface area contributed by atoms with Crippen LogP contribution in [-0.2, 0) is 6.54 Å². The van der Waals surface area contributed by atoms with Gasteiger partial charge in [-0.1, -0.05) is 25.1 Å². The fourth-order valence-corrected chi connectivity index (χ4v) is 2.17. The van der Waals surface area contributed by atoms with Crippen LogP contribution < -0.4 is 10.1 Å². The number of hydrogen-bond acceptors (Lipinski definition) is 4. The minimum absolute atomic E-state index is 0.245. The van der Waals surface area contributed by atoms with E-state index in [0.717, 1.165) is 23.6 Å². The van der Waals surface area contributed by atoms with Crippen LogP contribution in [0.15, 0.2) is 36.7 Å². The Bertz CT molecular complexity index is 540. The Kier molecular flexibility index (Phi) is 5.07. The van der Waals surface area contributed by atoms with Crippen LogP contribution in [0.4, 0.5) is 0 Å². The number of para-hydroxylation sites is 1. The Hall–Kier alpha value is -1.94. The van der Waals surface area contributed by atoms with Gasteiger partial charge in [-0.05, 0) is 19.4 Å². The first kappa shape index (κ1) is 14.5. The predicted molar refractivity (Wildman–Crippen MR) is 79.6 cm³/mol. The lowest BCUT2D eigenvalue weighted by Crippen LogP contribution is -2.21. The zero-order valence-corrected chi connectivity index (χ0v) is 12.3. The number of hydrogen-bond donors (Lipinski definition) is 1. The summed E-state index contributed by atoms with van der Waals surface area (Å²) in [5, 5.41) is 3.51. The third-order valence-corrected chi connectivity index (χ3v) is 3.29. The summed E-state index contributed by atoms with van der Waals surface area (Å²) >= 11 is 0. The van der Waals surface area contributed by atoms with Crippen molar-refractivity contribution in [3.63, 3.8) is 0 Å². The molecule has 1 N–H and O–H groups in total. The fourth-order valence-electron chi connectivity index (χ4n) is 2.17. The van der Waals surface area contributed by atoms with Crippen molar-refractivity contribution in [2.24, 2.45) is 0 Å². The van der Waals surface area contributed by atoms with Gasteiger partial charge in [0, 0.05) is 30.5 Å². The van der Waals surface area contributed by atoms with E-state index in [9.17, 15) is 0 Å². The maximum absolute atomic E-state index is 5.43. The Morgan fingerprint density at radius 2 is 2.00 bits per heavy atom. The highest BCUT2D eigenvalue weighted by Crippen LogP contribution is 2.26. The van der Waals surface area contributed by atoms with Crippen LogP contribution in [0, 0.1) is 6.92 Å². The van der Waals surface area contributed by atoms with Gasteiger partial charge in [-0.3, -0.25) is 9.97 Å². The Morgan fingerprint density at radius 1 is 1.20 bits per heavy atom. The maximum atomic E-state index is 5.43. The highest BCUT2D eigenvalue weighted by atomic mass is 16.5. The molecule has 1 heterocycles. The third-order valence-electron chi connectivity index (χ3n) is 3.29. The number of nitrogens with one attached hydrogen (secondary N) is 1. The molecule has 0 saturated carbocycles. The van der Waals surface area contributed by atoms with Crippen molar-refractivity contribution in [3.8, 4) is 5.75 Å². The largest absolute Gasteiger partial charge is 0.496 e. The van der Waals surface area contributed by atoms with Gasteiger partial charge in [-0.2, -0.15) is 0 Å². The lowest BCUT2D eigenvalue weighted by Gasteiger charge is -2.19. The second-order valence-corrected chi connectivity index (χ2v) is 4.73. The van der Waals surface area contributed by atoms with Crippen molar-refractivity contribution in [2.75, 3.05) is 7.11 Å². The first-order chi connectivity index (χ1) is 9.74. The van der Waals surface area contributed by atoms with E-state index in [1.165, 1.54) is 5.56 Å². The van der Waals surface area contributed by atoms with Crippen LogP contribution in [0.25, 0.3) is 0 Å². The zero-order valence-electron chi connectivity index (χ0n) is 12.3. The van der Waals surface area contributed by atoms with E-state index in [4.69, 9.17) is 4.74 Å². The Balaban J connectivity index is 2.07. The molecule has 4 nitrogen and oxygen atoms in total. The van der Waals surface area contributed by atoms with Crippen LogP contribution in [-0.4, -0.2) is 17.1 Å². The summed E-state index contributed by atoms with van der Waals surface area (Å²) in [7, 11) is 1.71. The lowest BCUT2D eigenvalue weighted by atomic mass is 10.0. The van der Waals surface area contributed by atoms with E-state index < -0.39 is 0 Å². The molecule has 0 spiro atoms. The summed E-state index contributed by atoms with van der Waals surface area (Å²) < 4.78 is 5.43. The monoisotopic (exact) mass is 271 g/mol. The molecule has 2 rings (SSSR count). The fraction of sp³-hybridized carbons (Fsp3) is 0.375. The van der Waals surface area contributed by atoms with Crippen molar-refractivity contribution in [1.29, 1.82) is 0 Å². The van der Waals surface area contributed by atoms with Gasteiger partial charge >= 0.3 is 0 Å². The first-order valence-electron chi connectivity index (χ1n) is 6.88. The van der Waals surface area contributed by atoms with E-state index in [2.05, 4.69) is 28.3 Å². The molecule has 1 atom stereocenters. The molecule has 106 valence electrons. The van der Waals surface area contributed by atoms with Gasteiger partial charge < -0.3 is 10.1 Å². The number of rotatable bonds is 6. The van der Waals surface area contributed by atoms with Crippen molar-refractivity contribution in [1.82, 2.24) is 15.3 Å². The molecule has 0 radical (unpaired) electrons. The smallest absolute Gasteiger partial charge is 0.123 e. The van der Waals surface area contributed by atoms with Crippen LogP contribution >= 0.6 is 0 Å². The maximum Gasteiger partial charge on any atom is 0.123 e. The average Bonchev–Trinajstić information content (AvgIpc) is 2.50. The van der Waals surface area contributed by atoms with Gasteiger partial charge in [-0.25, -0.2) is 0 Å². The molecule has 0 aliphatic carbocycles. The van der Waals surface area contributed by atoms with Crippen LogP contribution in [0.3, 0.4) is 0 Å². The molecule has 0 saturated heterocycles. The zero-order chi connectivity index (χ0) is 14.4. The topological polar surface area (TPSA) is 47.0 Å². The molecule has 1 aromatic heterocycles. The van der Waals surface area contributed by atoms with Crippen molar-refractivity contribution in [2.45, 2.75) is 32.9 Å². The third kappa shape index (κ3) is 3.54. The molecule has 0 fully saturated rings. The quantitative estimate of drug-likeness (QED) is 0.877. The minimum atomic E-state index is 0.245. The molecule has 20 heavy (non-hydrogen) atoms. The minimum Gasteiger partial charge on any atom is -0.496 e. The van der Waals surface area contributed by atoms with Gasteiger partial charge in [0.05, 0.1) is 18.5 Å². The number of nitrogens with zero attached hydrogens (tertiary/aromatic N) is 2. The summed E-state index contributed by atoms with van der Waals surface area (Å²) in [6, 6.07) is 8.36. The molecule has 4 heteroatoms. The normalized spacial score (nSPS) is 12.2. The SMILES string of the molecule is CCC(NCc1cnc(C)cn1)c1ccccc1OC. The molecule has 0 amide bonds. The Labute approximate surface area is 120 Å². The van der Waals surface area contributed by atoms with Crippen LogP contribution in [0.5, 0.6) is 5.75 Å². The second-order valence-electron chi connectivity index (χ2n) is 4.73. The van der Waals surface area contributed by atoms with Crippen LogP contribution in [0.2, 0.25) is 0 Å². The first-order valence-corrected chi connectivity index (χ1v) is 6.88. The molecular formula is C16H21N3O. The molecule has 0 aliphatic heterocycles. The van der Waals surface area contributed by atoms with E-state index in [1.807, 2.05) is 31.3 Å². The van der Waals surface area contributed by atoms with Gasteiger partial charge in [-0.15, -0.1) is 0 Å². The number of ether oxygens (including phenoxy) is 1. The second kappa shape index (κ2) is 7.01. The number of aromatic nitrogens is 2. The van der Waals surface area contributed by atoms with Crippen molar-refractivity contribution in [3.05, 3.63) is 53.6 Å². The number of aryl methyl sites for hydroxylation is 1. The van der Waals surface area contributed by atoms with Crippen LogP contribution in [0.1, 0.15) is 36.3 Å². The molecule has 1 aromatic carbocycles. The van der Waals surface area contributed by atoms with E-state index in [-0.39, 0.29) is 6.04 Å². The standard InChI is InChI=1S/C16H21N3O/c1-4-15(14-7-5-6-8-16(14)20-3)19-11-13-10-17-12(2)9-18-13/h5-10,15,19H,4,11H2,1-3H3. The molecular weight excluding hydrogens is 250 g/mol. The average molecular weight is 271 g/mol. The number of methoxy groups -OCH3 is 1. The summed E-state index contributed by atoms with van der Waals surface area (Å²) in [5.74, 6) is 0.918. The Morgan fingerprint density at radius 3 is 2.65 bits per heavy atom. The summed E-state index contributed by atoms with van der Waals surface area (Å²) in [4.78, 5) is 8.63. The summed E-state index contributed by atoms with van der Waals surface area (Å²) in [6.07, 6.45) is 4.60. The predicted octanol–water partition coefficient (Wildman–Crippen LogP) is 3.03. The van der Waals surface area contributed by atoms with Gasteiger partial charge in [0.1, 0.15) is 5.75 Å². The van der Waals surface area contributed by atoms with Gasteiger partial charge in [0.2, 0.25) is 0 Å². The van der Waals surface area contributed by atoms with Gasteiger partial charge in [0.25, 0.3) is 0 Å². The van der Waals surface area contributed by atoms with Crippen molar-refractivity contribution < 1.29 is 4.74 Å². The summed E-state index contributed by atoms with van der Waals surface area (Å²) in [6.45, 7) is 4.79. The summed E-state index contributed by atoms with van der Waals surface area (Å²) in [5.41, 5.74) is 3.06. The van der Waals surface area contributed by atoms with Gasteiger partial charge in [0.15, 0.2) is 0 Å². The number of benzene rings is 1. The lowest BCUT2D eigenvalue weighted by molar-refractivity contribution is 0.396. The highest BCUT2D eigenvalue weighted by molar-refractivity contribution is 5.35. The van der Waals surface area contributed by atoms with Crippen molar-refractivity contribution >= 4 is 0 Å².